The van der Waals surface area contributed by atoms with Crippen LogP contribution in [-0.4, -0.2) is 67.0 Å². The fourth-order valence-corrected chi connectivity index (χ4v) is 4.79. The molecule has 4 heterocycles. The van der Waals surface area contributed by atoms with E-state index in [-0.39, 0.29) is 22.5 Å². The number of aromatic nitrogens is 5. The third-order valence-corrected chi connectivity index (χ3v) is 6.78. The number of hydrogen-bond acceptors (Lipinski definition) is 7. The molecule has 0 radical (unpaired) electrons. The molecule has 38 heavy (non-hydrogen) atoms. The number of fused-ring (bicyclic) bond motifs is 1. The predicted octanol–water partition coefficient (Wildman–Crippen LogP) is 5.12. The molecule has 202 valence electrons. The Labute approximate surface area is 226 Å². The molecule has 11 heteroatoms. The number of imidazole rings is 1. The lowest BCUT2D eigenvalue weighted by molar-refractivity contribution is 0.132. The third-order valence-electron chi connectivity index (χ3n) is 6.60. The first kappa shape index (κ1) is 27.8. The van der Waals surface area contributed by atoms with Gasteiger partial charge in [-0.05, 0) is 62.7 Å². The maximum Gasteiger partial charge on any atom is 0.223 e. The van der Waals surface area contributed by atoms with Crippen molar-refractivity contribution in [3.63, 3.8) is 0 Å². The standard InChI is InChI=1S/C15H13ClF2N4.C12H20N4/c1-7(2)22-8(3)20-14-10(17)4-9(5-12(14)22)13-11(18)6-19-15(16)21-13;1-2-15-5-7-16(8-6-15)10-11-3-4-12(13)14-9-11/h4-7H,1-3H3;3-4,9H,2,5-8,10H2,1H3,(H2,13,14). The smallest absolute Gasteiger partial charge is 0.223 e. The van der Waals surface area contributed by atoms with Crippen LogP contribution in [0.2, 0.25) is 5.28 Å². The second-order valence-electron chi connectivity index (χ2n) is 9.59. The molecule has 1 saturated heterocycles. The molecule has 1 aliphatic rings. The molecule has 0 saturated carbocycles. The summed E-state index contributed by atoms with van der Waals surface area (Å²) in [6.07, 6.45) is 2.85. The average Bonchev–Trinajstić information content (AvgIpc) is 3.24. The van der Waals surface area contributed by atoms with Gasteiger partial charge in [0.1, 0.15) is 22.9 Å². The number of piperazine rings is 1. The maximum absolute atomic E-state index is 14.3. The highest BCUT2D eigenvalue weighted by Gasteiger charge is 2.18. The number of anilines is 1. The Morgan fingerprint density at radius 2 is 1.68 bits per heavy atom. The Hall–Kier alpha value is -3.21. The highest BCUT2D eigenvalue weighted by molar-refractivity contribution is 6.28. The molecule has 0 aliphatic carbocycles. The lowest BCUT2D eigenvalue weighted by atomic mass is 10.1. The first-order valence-corrected chi connectivity index (χ1v) is 13.1. The third kappa shape index (κ3) is 6.43. The number of pyridine rings is 1. The second-order valence-corrected chi connectivity index (χ2v) is 9.92. The quantitative estimate of drug-likeness (QED) is 0.350. The summed E-state index contributed by atoms with van der Waals surface area (Å²) in [6, 6.07) is 6.91. The molecule has 1 aromatic carbocycles. The Balaban J connectivity index is 0.000000186. The molecule has 4 aromatic rings. The second kappa shape index (κ2) is 12.1. The van der Waals surface area contributed by atoms with Crippen LogP contribution in [0, 0.1) is 18.6 Å². The number of nitrogen functional groups attached to an aromatic ring is 1. The topological polar surface area (TPSA) is 89.0 Å². The van der Waals surface area contributed by atoms with Gasteiger partial charge in [-0.15, -0.1) is 0 Å². The van der Waals surface area contributed by atoms with Crippen molar-refractivity contribution >= 4 is 28.5 Å². The molecule has 0 bridgehead atoms. The van der Waals surface area contributed by atoms with Crippen molar-refractivity contribution in [2.24, 2.45) is 0 Å². The van der Waals surface area contributed by atoms with E-state index in [1.54, 1.807) is 13.0 Å². The number of halogens is 3. The summed E-state index contributed by atoms with van der Waals surface area (Å²) in [5, 5.41) is -0.0922. The first-order chi connectivity index (χ1) is 18.2. The van der Waals surface area contributed by atoms with E-state index in [4.69, 9.17) is 17.3 Å². The van der Waals surface area contributed by atoms with E-state index in [1.165, 1.54) is 24.7 Å². The zero-order valence-corrected chi connectivity index (χ0v) is 22.9. The van der Waals surface area contributed by atoms with Crippen molar-refractivity contribution in [3.05, 3.63) is 65.0 Å². The van der Waals surface area contributed by atoms with Gasteiger partial charge >= 0.3 is 0 Å². The van der Waals surface area contributed by atoms with Gasteiger partial charge in [0, 0.05) is 50.5 Å². The van der Waals surface area contributed by atoms with Gasteiger partial charge in [0.25, 0.3) is 0 Å². The highest BCUT2D eigenvalue weighted by atomic mass is 35.5. The van der Waals surface area contributed by atoms with E-state index in [2.05, 4.69) is 42.7 Å². The van der Waals surface area contributed by atoms with Crippen LogP contribution in [-0.2, 0) is 6.54 Å². The van der Waals surface area contributed by atoms with Gasteiger partial charge in [-0.1, -0.05) is 13.0 Å². The first-order valence-electron chi connectivity index (χ1n) is 12.7. The van der Waals surface area contributed by atoms with Crippen LogP contribution in [0.1, 0.15) is 38.2 Å². The highest BCUT2D eigenvalue weighted by Crippen LogP contribution is 2.30. The predicted molar refractivity (Wildman–Crippen MR) is 147 cm³/mol. The summed E-state index contributed by atoms with van der Waals surface area (Å²) < 4.78 is 30.2. The van der Waals surface area contributed by atoms with Crippen molar-refractivity contribution < 1.29 is 8.78 Å². The normalized spacial score (nSPS) is 14.6. The number of nitrogens with two attached hydrogens (primary N) is 1. The molecule has 3 aromatic heterocycles. The van der Waals surface area contributed by atoms with Gasteiger partial charge in [-0.3, -0.25) is 4.90 Å². The van der Waals surface area contributed by atoms with Gasteiger partial charge < -0.3 is 15.2 Å². The van der Waals surface area contributed by atoms with Gasteiger partial charge in [0.15, 0.2) is 11.6 Å². The van der Waals surface area contributed by atoms with Crippen molar-refractivity contribution in [1.29, 1.82) is 0 Å². The Morgan fingerprint density at radius 3 is 2.32 bits per heavy atom. The van der Waals surface area contributed by atoms with Crippen LogP contribution in [0.15, 0.2) is 36.7 Å². The van der Waals surface area contributed by atoms with E-state index in [0.717, 1.165) is 32.4 Å². The fraction of sp³-hybridized carbons (Fsp3) is 0.407. The Kier molecular flexibility index (Phi) is 8.86. The van der Waals surface area contributed by atoms with Crippen molar-refractivity contribution in [2.45, 2.75) is 40.3 Å². The fourth-order valence-electron chi connectivity index (χ4n) is 4.66. The minimum absolute atomic E-state index is 0.0324. The lowest BCUT2D eigenvalue weighted by Crippen LogP contribution is -2.45. The zero-order valence-electron chi connectivity index (χ0n) is 22.1. The van der Waals surface area contributed by atoms with Crippen LogP contribution in [0.4, 0.5) is 14.6 Å². The van der Waals surface area contributed by atoms with Gasteiger partial charge in [0.2, 0.25) is 5.28 Å². The minimum Gasteiger partial charge on any atom is -0.384 e. The molecule has 0 spiro atoms. The Bertz CT molecular complexity index is 1380. The largest absolute Gasteiger partial charge is 0.384 e. The van der Waals surface area contributed by atoms with Crippen molar-refractivity contribution in [2.75, 3.05) is 38.5 Å². The van der Waals surface area contributed by atoms with E-state index in [0.29, 0.717) is 22.7 Å². The van der Waals surface area contributed by atoms with Gasteiger partial charge in [-0.2, -0.15) is 0 Å². The van der Waals surface area contributed by atoms with E-state index < -0.39 is 11.6 Å². The van der Waals surface area contributed by atoms with E-state index in [9.17, 15) is 8.78 Å². The van der Waals surface area contributed by atoms with Gasteiger partial charge in [-0.25, -0.2) is 28.7 Å². The number of aryl methyl sites for hydroxylation is 1. The van der Waals surface area contributed by atoms with E-state index in [1.807, 2.05) is 30.7 Å². The molecule has 0 amide bonds. The maximum atomic E-state index is 14.3. The Morgan fingerprint density at radius 1 is 0.974 bits per heavy atom. The summed E-state index contributed by atoms with van der Waals surface area (Å²) in [7, 11) is 0. The molecular weight excluding hydrogens is 510 g/mol. The summed E-state index contributed by atoms with van der Waals surface area (Å²) >= 11 is 5.71. The van der Waals surface area contributed by atoms with Crippen LogP contribution in [0.25, 0.3) is 22.3 Å². The molecule has 2 N–H and O–H groups in total. The summed E-state index contributed by atoms with van der Waals surface area (Å²) in [5.74, 6) is 0.112. The van der Waals surface area contributed by atoms with Crippen LogP contribution in [0.5, 0.6) is 0 Å². The molecule has 0 atom stereocenters. The summed E-state index contributed by atoms with van der Waals surface area (Å²) in [6.45, 7) is 14.8. The molecule has 5 rings (SSSR count). The molecule has 1 fully saturated rings. The number of rotatable bonds is 5. The van der Waals surface area contributed by atoms with Crippen LogP contribution < -0.4 is 5.73 Å². The molecular formula is C27H33ClF2N8. The lowest BCUT2D eigenvalue weighted by Gasteiger charge is -2.33. The number of benzene rings is 1. The SMILES string of the molecule is CCN1CCN(Cc2ccc(N)nc2)CC1.Cc1nc2c(F)cc(-c3nc(Cl)ncc3F)cc2n1C(C)C. The monoisotopic (exact) mass is 542 g/mol. The van der Waals surface area contributed by atoms with E-state index >= 15 is 0 Å². The number of nitrogens with zero attached hydrogens (tertiary/aromatic N) is 7. The molecule has 8 nitrogen and oxygen atoms in total. The number of likely N-dealkylation sites (N-methyl/N-ethyl adjacent to an activating group) is 1. The van der Waals surface area contributed by atoms with Gasteiger partial charge in [0.05, 0.1) is 11.7 Å². The summed E-state index contributed by atoms with van der Waals surface area (Å²) in [5.41, 5.74) is 7.93. The van der Waals surface area contributed by atoms with Crippen LogP contribution >= 0.6 is 11.6 Å². The van der Waals surface area contributed by atoms with Crippen molar-refractivity contribution in [1.82, 2.24) is 34.3 Å². The zero-order chi connectivity index (χ0) is 27.4. The van der Waals surface area contributed by atoms with Crippen molar-refractivity contribution in [3.8, 4) is 11.3 Å². The average molecular weight is 543 g/mol. The molecule has 0 unspecified atom stereocenters. The minimum atomic E-state index is -0.657. The summed E-state index contributed by atoms with van der Waals surface area (Å²) in [4.78, 5) is 20.7. The van der Waals surface area contributed by atoms with Crippen LogP contribution in [0.3, 0.4) is 0 Å². The molecule has 1 aliphatic heterocycles. The number of hydrogen-bond donors (Lipinski definition) is 1.